The minimum absolute atomic E-state index is 1.18. The second-order valence-electron chi connectivity index (χ2n) is 8.74. The van der Waals surface area contributed by atoms with Crippen LogP contribution >= 0.6 is 0 Å². The molecule has 0 spiro atoms. The molecule has 0 fully saturated rings. The van der Waals surface area contributed by atoms with Gasteiger partial charge in [0.05, 0.1) is 22.1 Å². The van der Waals surface area contributed by atoms with E-state index >= 15 is 0 Å². The quantitative estimate of drug-likeness (QED) is 0.266. The van der Waals surface area contributed by atoms with Gasteiger partial charge in [0.2, 0.25) is 0 Å². The molecule has 0 aliphatic carbocycles. The minimum atomic E-state index is 1.18. The van der Waals surface area contributed by atoms with Gasteiger partial charge >= 0.3 is 0 Å². The van der Waals surface area contributed by atoms with E-state index < -0.39 is 0 Å². The number of aryl methyl sites for hydroxylation is 1. The summed E-state index contributed by atoms with van der Waals surface area (Å²) in [5.74, 6) is 0. The summed E-state index contributed by atoms with van der Waals surface area (Å²) in [5, 5.41) is 5.14. The third kappa shape index (κ3) is 2.55. The van der Waals surface area contributed by atoms with E-state index in [-0.39, 0.29) is 0 Å². The molecule has 2 heterocycles. The van der Waals surface area contributed by atoms with Crippen LogP contribution < -0.4 is 0 Å². The first-order valence-corrected chi connectivity index (χ1v) is 11.4. The summed E-state index contributed by atoms with van der Waals surface area (Å²) < 4.78 is 4.84. The number of benzene rings is 5. The monoisotopic (exact) mass is 422 g/mol. The molecule has 33 heavy (non-hydrogen) atoms. The highest BCUT2D eigenvalue weighted by Crippen LogP contribution is 2.41. The SMILES string of the molecule is Cc1cccc(-n2c3ccccc3c3ccc4c(c5ccccc5n4-c4ccccc4)c32)c1. The Morgan fingerprint density at radius 3 is 1.91 bits per heavy atom. The molecular formula is C31H22N2. The van der Waals surface area contributed by atoms with E-state index in [1.54, 1.807) is 0 Å². The van der Waals surface area contributed by atoms with E-state index in [0.717, 1.165) is 0 Å². The summed E-state index contributed by atoms with van der Waals surface area (Å²) in [7, 11) is 0. The lowest BCUT2D eigenvalue weighted by Crippen LogP contribution is -1.95. The standard InChI is InChI=1S/C31H22N2/c1-21-10-9-13-23(20-21)33-27-16-7-5-14-24(27)25-18-19-29-30(31(25)33)26-15-6-8-17-28(26)32(29)22-11-3-2-4-12-22/h2-20H,1H3. The van der Waals surface area contributed by atoms with Crippen LogP contribution in [0.1, 0.15) is 5.56 Å². The van der Waals surface area contributed by atoms with Crippen LogP contribution in [0.25, 0.3) is 55.0 Å². The van der Waals surface area contributed by atoms with Crippen LogP contribution in [0.2, 0.25) is 0 Å². The molecule has 0 amide bonds. The zero-order valence-corrected chi connectivity index (χ0v) is 18.4. The molecule has 5 aromatic carbocycles. The summed E-state index contributed by atoms with van der Waals surface area (Å²) in [6.07, 6.45) is 0. The Bertz CT molecular complexity index is 1820. The zero-order chi connectivity index (χ0) is 21.9. The van der Waals surface area contributed by atoms with Gasteiger partial charge in [-0.25, -0.2) is 0 Å². The fourth-order valence-corrected chi connectivity index (χ4v) is 5.40. The van der Waals surface area contributed by atoms with Crippen molar-refractivity contribution in [3.63, 3.8) is 0 Å². The van der Waals surface area contributed by atoms with Gasteiger partial charge in [-0.1, -0.05) is 72.8 Å². The van der Waals surface area contributed by atoms with Gasteiger partial charge in [0.15, 0.2) is 0 Å². The van der Waals surface area contributed by atoms with Gasteiger partial charge < -0.3 is 9.13 Å². The van der Waals surface area contributed by atoms with Crippen molar-refractivity contribution in [1.82, 2.24) is 9.13 Å². The highest BCUT2D eigenvalue weighted by Gasteiger charge is 2.20. The zero-order valence-electron chi connectivity index (χ0n) is 18.4. The number of nitrogens with zero attached hydrogens (tertiary/aromatic N) is 2. The first-order valence-electron chi connectivity index (χ1n) is 11.4. The van der Waals surface area contributed by atoms with Crippen LogP contribution in [-0.2, 0) is 0 Å². The van der Waals surface area contributed by atoms with Gasteiger partial charge in [-0.05, 0) is 55.0 Å². The molecule has 0 saturated heterocycles. The molecule has 7 aromatic rings. The van der Waals surface area contributed by atoms with Crippen LogP contribution in [0.15, 0.2) is 115 Å². The summed E-state index contributed by atoms with van der Waals surface area (Å²) in [6.45, 7) is 2.16. The number of rotatable bonds is 2. The van der Waals surface area contributed by atoms with Crippen molar-refractivity contribution in [3.8, 4) is 11.4 Å². The van der Waals surface area contributed by atoms with E-state index in [1.165, 1.54) is 60.5 Å². The predicted octanol–water partition coefficient (Wildman–Crippen LogP) is 8.19. The Hall–Kier alpha value is -4.30. The highest BCUT2D eigenvalue weighted by molar-refractivity contribution is 6.26. The minimum Gasteiger partial charge on any atom is -0.309 e. The van der Waals surface area contributed by atoms with E-state index in [1.807, 2.05) is 0 Å². The molecule has 0 N–H and O–H groups in total. The van der Waals surface area contributed by atoms with Crippen LogP contribution in [0.3, 0.4) is 0 Å². The fourth-order valence-electron chi connectivity index (χ4n) is 5.40. The maximum absolute atomic E-state index is 2.45. The third-order valence-electron chi connectivity index (χ3n) is 6.74. The summed E-state index contributed by atoms with van der Waals surface area (Å²) in [5.41, 5.74) is 8.61. The smallest absolute Gasteiger partial charge is 0.0641 e. The van der Waals surface area contributed by atoms with E-state index in [2.05, 4.69) is 131 Å². The second kappa shape index (κ2) is 6.85. The topological polar surface area (TPSA) is 9.86 Å². The predicted molar refractivity (Wildman–Crippen MR) is 140 cm³/mol. The van der Waals surface area contributed by atoms with Crippen molar-refractivity contribution in [3.05, 3.63) is 121 Å². The number of hydrogen-bond acceptors (Lipinski definition) is 0. The summed E-state index contributed by atoms with van der Waals surface area (Å²) in [6, 6.07) is 41.6. The lowest BCUT2D eigenvalue weighted by atomic mass is 10.1. The molecule has 0 unspecified atom stereocenters. The lowest BCUT2D eigenvalue weighted by Gasteiger charge is -2.10. The van der Waals surface area contributed by atoms with Gasteiger partial charge in [0.25, 0.3) is 0 Å². The Morgan fingerprint density at radius 1 is 0.455 bits per heavy atom. The molecule has 2 aromatic heterocycles. The van der Waals surface area contributed by atoms with Crippen LogP contribution in [0.5, 0.6) is 0 Å². The lowest BCUT2D eigenvalue weighted by molar-refractivity contribution is 1.17. The van der Waals surface area contributed by atoms with Crippen LogP contribution in [0, 0.1) is 6.92 Å². The number of para-hydroxylation sites is 3. The van der Waals surface area contributed by atoms with Crippen molar-refractivity contribution in [2.45, 2.75) is 6.92 Å². The highest BCUT2D eigenvalue weighted by atomic mass is 15.0. The van der Waals surface area contributed by atoms with Crippen molar-refractivity contribution in [1.29, 1.82) is 0 Å². The Labute approximate surface area is 191 Å². The maximum Gasteiger partial charge on any atom is 0.0641 e. The van der Waals surface area contributed by atoms with Crippen LogP contribution in [-0.4, -0.2) is 9.13 Å². The van der Waals surface area contributed by atoms with Gasteiger partial charge in [-0.3, -0.25) is 0 Å². The van der Waals surface area contributed by atoms with Gasteiger partial charge in [0.1, 0.15) is 0 Å². The summed E-state index contributed by atoms with van der Waals surface area (Å²) in [4.78, 5) is 0. The molecule has 156 valence electrons. The summed E-state index contributed by atoms with van der Waals surface area (Å²) >= 11 is 0. The first-order chi connectivity index (χ1) is 16.3. The van der Waals surface area contributed by atoms with Gasteiger partial charge in [-0.2, -0.15) is 0 Å². The molecule has 2 heteroatoms. The molecule has 0 atom stereocenters. The van der Waals surface area contributed by atoms with E-state index in [9.17, 15) is 0 Å². The average molecular weight is 423 g/mol. The number of aromatic nitrogens is 2. The normalized spacial score (nSPS) is 11.8. The fraction of sp³-hybridized carbons (Fsp3) is 0.0323. The van der Waals surface area contributed by atoms with Crippen molar-refractivity contribution >= 4 is 43.6 Å². The molecule has 0 aliphatic rings. The van der Waals surface area contributed by atoms with Gasteiger partial charge in [0, 0.05) is 32.9 Å². The van der Waals surface area contributed by atoms with Crippen molar-refractivity contribution in [2.75, 3.05) is 0 Å². The molecule has 7 rings (SSSR count). The number of hydrogen-bond donors (Lipinski definition) is 0. The molecule has 0 saturated carbocycles. The molecule has 0 radical (unpaired) electrons. The van der Waals surface area contributed by atoms with Crippen LogP contribution in [0.4, 0.5) is 0 Å². The second-order valence-corrected chi connectivity index (χ2v) is 8.74. The average Bonchev–Trinajstić information content (AvgIpc) is 3.37. The maximum atomic E-state index is 2.45. The van der Waals surface area contributed by atoms with Crippen molar-refractivity contribution < 1.29 is 0 Å². The first kappa shape index (κ1) is 18.3. The van der Waals surface area contributed by atoms with Gasteiger partial charge in [-0.15, -0.1) is 0 Å². The Kier molecular flexibility index (Phi) is 3.80. The largest absolute Gasteiger partial charge is 0.309 e. The van der Waals surface area contributed by atoms with E-state index in [4.69, 9.17) is 0 Å². The Balaban J connectivity index is 1.76. The van der Waals surface area contributed by atoms with Crippen molar-refractivity contribution in [2.24, 2.45) is 0 Å². The third-order valence-corrected chi connectivity index (χ3v) is 6.74. The molecule has 0 aliphatic heterocycles. The Morgan fingerprint density at radius 2 is 1.12 bits per heavy atom. The molecule has 2 nitrogen and oxygen atoms in total. The number of fused-ring (bicyclic) bond motifs is 7. The molecule has 0 bridgehead atoms. The molecular weight excluding hydrogens is 400 g/mol. The van der Waals surface area contributed by atoms with E-state index in [0.29, 0.717) is 0 Å².